The molecule has 2 aromatic heterocycles. The number of hydrogen-bond acceptors (Lipinski definition) is 6. The van der Waals surface area contributed by atoms with Gasteiger partial charge in [-0.05, 0) is 30.5 Å². The highest BCUT2D eigenvalue weighted by Gasteiger charge is 2.19. The molecule has 4 N–H and O–H groups in total. The van der Waals surface area contributed by atoms with Gasteiger partial charge in [-0.2, -0.15) is 0 Å². The molecule has 3 heterocycles. The van der Waals surface area contributed by atoms with Gasteiger partial charge >= 0.3 is 0 Å². The highest BCUT2D eigenvalue weighted by Crippen LogP contribution is 2.35. The average Bonchev–Trinajstić information content (AvgIpc) is 3.40. The summed E-state index contributed by atoms with van der Waals surface area (Å²) in [5.41, 5.74) is 11.0. The Morgan fingerprint density at radius 2 is 2.03 bits per heavy atom. The molecule has 29 heavy (non-hydrogen) atoms. The summed E-state index contributed by atoms with van der Waals surface area (Å²) in [5.74, 6) is 0.535. The lowest BCUT2D eigenvalue weighted by atomic mass is 10.1. The van der Waals surface area contributed by atoms with E-state index in [1.807, 2.05) is 10.6 Å². The zero-order chi connectivity index (χ0) is 20.4. The third-order valence-electron chi connectivity index (χ3n) is 5.30. The van der Waals surface area contributed by atoms with E-state index in [0.717, 1.165) is 46.9 Å². The maximum atomic E-state index is 9.83. The normalized spacial score (nSPS) is 14.0. The third kappa shape index (κ3) is 3.85. The zero-order valence-corrected chi connectivity index (χ0v) is 17.2. The SMILES string of the molecule is COc1cc(CO)c(-c2cn3cc(NCCN)c(N4CCCC4)cc3n2)cc1Cl. The summed E-state index contributed by atoms with van der Waals surface area (Å²) >= 11 is 6.33. The summed E-state index contributed by atoms with van der Waals surface area (Å²) in [4.78, 5) is 7.20. The lowest BCUT2D eigenvalue weighted by Crippen LogP contribution is -2.21. The first kappa shape index (κ1) is 19.8. The molecular weight excluding hydrogens is 390 g/mol. The van der Waals surface area contributed by atoms with Crippen molar-refractivity contribution in [2.24, 2.45) is 5.73 Å². The lowest BCUT2D eigenvalue weighted by molar-refractivity contribution is 0.281. The predicted octanol–water partition coefficient (Wildman–Crippen LogP) is 3.13. The minimum atomic E-state index is -0.126. The van der Waals surface area contributed by atoms with Crippen LogP contribution >= 0.6 is 11.6 Å². The fraction of sp³-hybridized carbons (Fsp3) is 0.381. The smallest absolute Gasteiger partial charge is 0.139 e. The fourth-order valence-corrected chi connectivity index (χ4v) is 4.08. The van der Waals surface area contributed by atoms with Crippen LogP contribution in [0.25, 0.3) is 16.9 Å². The molecular formula is C21H26ClN5O2. The fourth-order valence-electron chi connectivity index (χ4n) is 3.84. The summed E-state index contributed by atoms with van der Waals surface area (Å²) in [7, 11) is 1.56. The van der Waals surface area contributed by atoms with Crippen LogP contribution in [0.4, 0.5) is 11.4 Å². The Morgan fingerprint density at radius 3 is 2.72 bits per heavy atom. The molecule has 1 fully saturated rings. The molecule has 1 saturated heterocycles. The average molecular weight is 416 g/mol. The van der Waals surface area contributed by atoms with Gasteiger partial charge in [0.15, 0.2) is 0 Å². The van der Waals surface area contributed by atoms with Gasteiger partial charge in [-0.1, -0.05) is 11.6 Å². The molecule has 0 bridgehead atoms. The van der Waals surface area contributed by atoms with Crippen LogP contribution < -0.4 is 20.7 Å². The van der Waals surface area contributed by atoms with Crippen molar-refractivity contribution in [2.45, 2.75) is 19.4 Å². The van der Waals surface area contributed by atoms with Gasteiger partial charge in [0.05, 0.1) is 35.8 Å². The standard InChI is InChI=1S/C21H26ClN5O2/c1-29-20-8-14(13-28)15(9-16(20)22)17-11-27-12-18(24-5-4-23)19(10-21(27)25-17)26-6-2-3-7-26/h8-12,24,28H,2-7,13,23H2,1H3. The van der Waals surface area contributed by atoms with Crippen LogP contribution in [0.3, 0.4) is 0 Å². The van der Waals surface area contributed by atoms with E-state index in [-0.39, 0.29) is 6.61 Å². The van der Waals surface area contributed by atoms with E-state index in [2.05, 4.69) is 22.5 Å². The van der Waals surface area contributed by atoms with Crippen molar-refractivity contribution in [1.82, 2.24) is 9.38 Å². The molecule has 4 rings (SSSR count). The van der Waals surface area contributed by atoms with Crippen molar-refractivity contribution < 1.29 is 9.84 Å². The van der Waals surface area contributed by atoms with Crippen LogP contribution in [0.2, 0.25) is 5.02 Å². The van der Waals surface area contributed by atoms with Gasteiger partial charge < -0.3 is 30.2 Å². The predicted molar refractivity (Wildman–Crippen MR) is 117 cm³/mol. The number of aliphatic hydroxyl groups excluding tert-OH is 1. The Kier molecular flexibility index (Phi) is 5.80. The molecule has 0 radical (unpaired) electrons. The number of methoxy groups -OCH3 is 1. The summed E-state index contributed by atoms with van der Waals surface area (Å²) in [5, 5.41) is 13.8. The van der Waals surface area contributed by atoms with Crippen molar-refractivity contribution in [3.63, 3.8) is 0 Å². The number of aromatic nitrogens is 2. The van der Waals surface area contributed by atoms with Gasteiger partial charge in [-0.25, -0.2) is 4.98 Å². The Hall–Kier alpha value is -2.48. The van der Waals surface area contributed by atoms with Gasteiger partial charge in [0.2, 0.25) is 0 Å². The van der Waals surface area contributed by atoms with E-state index in [1.165, 1.54) is 12.8 Å². The van der Waals surface area contributed by atoms with Gasteiger partial charge in [0, 0.05) is 50.2 Å². The molecule has 0 saturated carbocycles. The molecule has 1 aliphatic rings. The molecule has 0 spiro atoms. The first-order valence-electron chi connectivity index (χ1n) is 9.84. The molecule has 154 valence electrons. The second kappa shape index (κ2) is 8.49. The van der Waals surface area contributed by atoms with Crippen LogP contribution in [0, 0.1) is 0 Å². The molecule has 0 aliphatic carbocycles. The van der Waals surface area contributed by atoms with Gasteiger partial charge in [0.1, 0.15) is 11.4 Å². The van der Waals surface area contributed by atoms with Crippen molar-refractivity contribution in [3.8, 4) is 17.0 Å². The number of rotatable bonds is 7. The van der Waals surface area contributed by atoms with Gasteiger partial charge in [-0.15, -0.1) is 0 Å². The number of hydrogen-bond donors (Lipinski definition) is 3. The quantitative estimate of drug-likeness (QED) is 0.549. The Balaban J connectivity index is 1.81. The molecule has 8 heteroatoms. The second-order valence-corrected chi connectivity index (χ2v) is 7.58. The number of aliphatic hydroxyl groups is 1. The number of anilines is 2. The number of nitrogens with two attached hydrogens (primary N) is 1. The van der Waals surface area contributed by atoms with Crippen LogP contribution in [-0.2, 0) is 6.61 Å². The summed E-state index contributed by atoms with van der Waals surface area (Å²) in [6.45, 7) is 3.24. The van der Waals surface area contributed by atoms with Crippen molar-refractivity contribution in [2.75, 3.05) is 43.5 Å². The highest BCUT2D eigenvalue weighted by atomic mass is 35.5. The van der Waals surface area contributed by atoms with Crippen molar-refractivity contribution >= 4 is 28.6 Å². The zero-order valence-electron chi connectivity index (χ0n) is 16.5. The van der Waals surface area contributed by atoms with Crippen LogP contribution in [0.1, 0.15) is 18.4 Å². The highest BCUT2D eigenvalue weighted by molar-refractivity contribution is 6.32. The summed E-state index contributed by atoms with van der Waals surface area (Å²) in [6.07, 6.45) is 6.41. The number of ether oxygens (including phenoxy) is 1. The first-order valence-corrected chi connectivity index (χ1v) is 10.2. The van der Waals surface area contributed by atoms with E-state index < -0.39 is 0 Å². The monoisotopic (exact) mass is 415 g/mol. The van der Waals surface area contributed by atoms with E-state index >= 15 is 0 Å². The molecule has 0 amide bonds. The molecule has 0 atom stereocenters. The van der Waals surface area contributed by atoms with E-state index in [1.54, 1.807) is 19.2 Å². The number of fused-ring (bicyclic) bond motifs is 1. The Bertz CT molecular complexity index is 1010. The van der Waals surface area contributed by atoms with E-state index in [4.69, 9.17) is 27.1 Å². The maximum absolute atomic E-state index is 9.83. The van der Waals surface area contributed by atoms with E-state index in [0.29, 0.717) is 23.9 Å². The molecule has 1 aliphatic heterocycles. The number of benzene rings is 1. The number of halogens is 1. The topological polar surface area (TPSA) is 88.0 Å². The second-order valence-electron chi connectivity index (χ2n) is 7.18. The minimum absolute atomic E-state index is 0.126. The number of pyridine rings is 1. The number of imidazole rings is 1. The van der Waals surface area contributed by atoms with Gasteiger partial charge in [-0.3, -0.25) is 0 Å². The number of nitrogens with zero attached hydrogens (tertiary/aromatic N) is 3. The summed E-state index contributed by atoms with van der Waals surface area (Å²) in [6, 6.07) is 5.66. The maximum Gasteiger partial charge on any atom is 0.139 e. The first-order chi connectivity index (χ1) is 14.1. The van der Waals surface area contributed by atoms with Crippen LogP contribution in [-0.4, -0.2) is 47.8 Å². The molecule has 7 nitrogen and oxygen atoms in total. The van der Waals surface area contributed by atoms with Crippen LogP contribution in [0.15, 0.2) is 30.6 Å². The largest absolute Gasteiger partial charge is 0.495 e. The van der Waals surface area contributed by atoms with Gasteiger partial charge in [0.25, 0.3) is 0 Å². The lowest BCUT2D eigenvalue weighted by Gasteiger charge is -2.22. The molecule has 3 aromatic rings. The Morgan fingerprint density at radius 1 is 1.24 bits per heavy atom. The minimum Gasteiger partial charge on any atom is -0.495 e. The Labute approximate surface area is 175 Å². The molecule has 1 aromatic carbocycles. The summed E-state index contributed by atoms with van der Waals surface area (Å²) < 4.78 is 7.26. The third-order valence-corrected chi connectivity index (χ3v) is 5.60. The number of nitrogens with one attached hydrogen (secondary N) is 1. The van der Waals surface area contributed by atoms with E-state index in [9.17, 15) is 5.11 Å². The van der Waals surface area contributed by atoms with Crippen molar-refractivity contribution in [3.05, 3.63) is 41.2 Å². The van der Waals surface area contributed by atoms with Crippen LogP contribution in [0.5, 0.6) is 5.75 Å². The molecule has 0 unspecified atom stereocenters. The van der Waals surface area contributed by atoms with Crippen molar-refractivity contribution in [1.29, 1.82) is 0 Å².